The first kappa shape index (κ1) is 18.5. The van der Waals surface area contributed by atoms with Crippen LogP contribution < -0.4 is 14.9 Å². The van der Waals surface area contributed by atoms with E-state index in [1.54, 1.807) is 24.3 Å². The number of nitrogens with zero attached hydrogens (tertiary/aromatic N) is 1. The van der Waals surface area contributed by atoms with Gasteiger partial charge in [0.05, 0.1) is 16.0 Å². The average molecular weight is 401 g/mol. The summed E-state index contributed by atoms with van der Waals surface area (Å²) in [5.74, 6) is -1.18. The van der Waals surface area contributed by atoms with Gasteiger partial charge < -0.3 is 14.6 Å². The molecule has 2 heterocycles. The minimum absolute atomic E-state index is 0.0797. The molecule has 1 aromatic heterocycles. The monoisotopic (exact) mass is 401 g/mol. The molecule has 0 radical (unpaired) electrons. The van der Waals surface area contributed by atoms with Crippen LogP contribution in [0.15, 0.2) is 51.8 Å². The van der Waals surface area contributed by atoms with E-state index in [4.69, 9.17) is 4.42 Å². The van der Waals surface area contributed by atoms with E-state index in [0.717, 1.165) is 25.2 Å². The molecule has 1 atom stereocenters. The third-order valence-corrected chi connectivity index (χ3v) is 5.78. The number of fused-ring (bicyclic) bond motifs is 1. The van der Waals surface area contributed by atoms with Crippen molar-refractivity contribution in [2.75, 3.05) is 29.9 Å². The first-order valence-electron chi connectivity index (χ1n) is 9.10. The van der Waals surface area contributed by atoms with Crippen LogP contribution in [0.4, 0.5) is 15.8 Å². The first-order chi connectivity index (χ1) is 13.6. The third-order valence-electron chi connectivity index (χ3n) is 4.66. The van der Waals surface area contributed by atoms with Crippen molar-refractivity contribution in [1.82, 2.24) is 4.72 Å². The number of benzene rings is 2. The number of furan rings is 1. The Bertz CT molecular complexity index is 1060. The van der Waals surface area contributed by atoms with Crippen LogP contribution in [0.25, 0.3) is 11.0 Å². The van der Waals surface area contributed by atoms with Crippen LogP contribution in [0.1, 0.15) is 23.9 Å². The number of hydrogen-bond acceptors (Lipinski definition) is 5. The number of anilines is 2. The minimum atomic E-state index is -1.78. The SMILES string of the molecule is CCNc1ccccc1S(=O)NC(=O)c1cc2c(F)cc(N3CCC3)cc2o1. The zero-order chi connectivity index (χ0) is 19.7. The molecule has 28 heavy (non-hydrogen) atoms. The Morgan fingerprint density at radius 1 is 1.25 bits per heavy atom. The quantitative estimate of drug-likeness (QED) is 0.659. The van der Waals surface area contributed by atoms with Gasteiger partial charge in [-0.25, -0.2) is 8.60 Å². The lowest BCUT2D eigenvalue weighted by Gasteiger charge is -2.33. The molecule has 0 bridgehead atoms. The van der Waals surface area contributed by atoms with Crippen LogP contribution in [-0.4, -0.2) is 29.8 Å². The number of amides is 1. The van der Waals surface area contributed by atoms with Crippen LogP contribution >= 0.6 is 0 Å². The number of halogens is 1. The Morgan fingerprint density at radius 2 is 2.04 bits per heavy atom. The van der Waals surface area contributed by atoms with Crippen LogP contribution in [0.2, 0.25) is 0 Å². The molecule has 1 aliphatic heterocycles. The van der Waals surface area contributed by atoms with E-state index in [9.17, 15) is 13.4 Å². The molecule has 6 nitrogen and oxygen atoms in total. The van der Waals surface area contributed by atoms with Crippen molar-refractivity contribution < 1.29 is 17.8 Å². The van der Waals surface area contributed by atoms with Gasteiger partial charge in [-0.3, -0.25) is 9.52 Å². The number of hydrogen-bond donors (Lipinski definition) is 2. The average Bonchev–Trinajstić information content (AvgIpc) is 3.06. The summed E-state index contributed by atoms with van der Waals surface area (Å²) in [6.07, 6.45) is 1.08. The molecule has 0 spiro atoms. The molecule has 2 aromatic carbocycles. The standard InChI is InChI=1S/C20H20FN3O3S/c1-2-22-16-6-3-4-7-19(16)28(26)23-20(25)18-12-14-15(21)10-13(11-17(14)27-18)24-8-5-9-24/h3-4,6-7,10-12,22H,2,5,8-9H2,1H3,(H,23,25). The minimum Gasteiger partial charge on any atom is -0.451 e. The molecule has 4 rings (SSSR count). The van der Waals surface area contributed by atoms with Gasteiger partial charge in [-0.05, 0) is 31.5 Å². The summed E-state index contributed by atoms with van der Waals surface area (Å²) in [6.45, 7) is 4.34. The Morgan fingerprint density at radius 3 is 2.75 bits per heavy atom. The van der Waals surface area contributed by atoms with Crippen molar-refractivity contribution in [2.45, 2.75) is 18.2 Å². The van der Waals surface area contributed by atoms with E-state index < -0.39 is 22.7 Å². The van der Waals surface area contributed by atoms with Crippen molar-refractivity contribution >= 4 is 39.2 Å². The van der Waals surface area contributed by atoms with Crippen molar-refractivity contribution in [3.63, 3.8) is 0 Å². The summed E-state index contributed by atoms with van der Waals surface area (Å²) in [4.78, 5) is 15.0. The van der Waals surface area contributed by atoms with Crippen LogP contribution in [0, 0.1) is 5.82 Å². The summed E-state index contributed by atoms with van der Waals surface area (Å²) in [6, 6.07) is 11.5. The van der Waals surface area contributed by atoms with Gasteiger partial charge in [0.1, 0.15) is 11.4 Å². The molecule has 0 aliphatic carbocycles. The van der Waals surface area contributed by atoms with Gasteiger partial charge in [0.15, 0.2) is 16.7 Å². The number of carbonyl (C=O) groups excluding carboxylic acids is 1. The number of rotatable bonds is 6. The fourth-order valence-corrected chi connectivity index (χ4v) is 4.03. The predicted octanol–water partition coefficient (Wildman–Crippen LogP) is 3.67. The van der Waals surface area contributed by atoms with Gasteiger partial charge in [0, 0.05) is 37.5 Å². The predicted molar refractivity (Wildman–Crippen MR) is 107 cm³/mol. The largest absolute Gasteiger partial charge is 0.451 e. The van der Waals surface area contributed by atoms with E-state index in [1.165, 1.54) is 12.1 Å². The summed E-state index contributed by atoms with van der Waals surface area (Å²) in [7, 11) is -1.78. The Hall–Kier alpha value is -2.87. The van der Waals surface area contributed by atoms with E-state index in [-0.39, 0.29) is 11.1 Å². The van der Waals surface area contributed by atoms with Crippen molar-refractivity contribution in [3.8, 4) is 0 Å². The normalized spacial score (nSPS) is 14.6. The summed E-state index contributed by atoms with van der Waals surface area (Å²) in [5.41, 5.74) is 1.71. The number of para-hydroxylation sites is 1. The highest BCUT2D eigenvalue weighted by Crippen LogP contribution is 2.30. The lowest BCUT2D eigenvalue weighted by atomic mass is 10.1. The number of carbonyl (C=O) groups is 1. The van der Waals surface area contributed by atoms with Crippen molar-refractivity contribution in [1.29, 1.82) is 0 Å². The van der Waals surface area contributed by atoms with Gasteiger partial charge in [0.2, 0.25) is 0 Å². The lowest BCUT2D eigenvalue weighted by Crippen LogP contribution is -2.36. The second-order valence-corrected chi connectivity index (χ2v) is 7.70. The Kier molecular flexibility index (Phi) is 5.04. The molecule has 1 saturated heterocycles. The fraction of sp³-hybridized carbons (Fsp3) is 0.250. The van der Waals surface area contributed by atoms with Gasteiger partial charge in [-0.15, -0.1) is 0 Å². The summed E-state index contributed by atoms with van der Waals surface area (Å²) < 4.78 is 35.0. The maximum atomic E-state index is 14.4. The highest BCUT2D eigenvalue weighted by atomic mass is 32.2. The van der Waals surface area contributed by atoms with Gasteiger partial charge in [0.25, 0.3) is 5.91 Å². The Labute approximate surface area is 164 Å². The number of nitrogens with one attached hydrogen (secondary N) is 2. The zero-order valence-electron chi connectivity index (χ0n) is 15.3. The smallest absolute Gasteiger partial charge is 0.298 e. The third kappa shape index (κ3) is 3.47. The van der Waals surface area contributed by atoms with Crippen molar-refractivity contribution in [2.24, 2.45) is 0 Å². The van der Waals surface area contributed by atoms with Gasteiger partial charge >= 0.3 is 0 Å². The van der Waals surface area contributed by atoms with E-state index >= 15 is 0 Å². The highest BCUT2D eigenvalue weighted by Gasteiger charge is 2.21. The van der Waals surface area contributed by atoms with Crippen LogP contribution in [0.3, 0.4) is 0 Å². The summed E-state index contributed by atoms with van der Waals surface area (Å²) >= 11 is 0. The maximum Gasteiger partial charge on any atom is 0.298 e. The van der Waals surface area contributed by atoms with Gasteiger partial charge in [-0.1, -0.05) is 12.1 Å². The molecule has 2 N–H and O–H groups in total. The molecular formula is C20H20FN3O3S. The molecule has 1 fully saturated rings. The van der Waals surface area contributed by atoms with Gasteiger partial charge in [-0.2, -0.15) is 0 Å². The topological polar surface area (TPSA) is 74.6 Å². The summed E-state index contributed by atoms with van der Waals surface area (Å²) in [5, 5.41) is 3.33. The first-order valence-corrected chi connectivity index (χ1v) is 10.3. The van der Waals surface area contributed by atoms with E-state index in [0.29, 0.717) is 22.7 Å². The Balaban J connectivity index is 1.57. The molecule has 1 aliphatic rings. The second kappa shape index (κ2) is 7.63. The van der Waals surface area contributed by atoms with E-state index in [2.05, 4.69) is 10.0 Å². The highest BCUT2D eigenvalue weighted by molar-refractivity contribution is 7.83. The molecule has 1 unspecified atom stereocenters. The molecule has 1 amide bonds. The van der Waals surface area contributed by atoms with Crippen LogP contribution in [0.5, 0.6) is 0 Å². The molecular weight excluding hydrogens is 381 g/mol. The molecule has 3 aromatic rings. The fourth-order valence-electron chi connectivity index (χ4n) is 3.11. The zero-order valence-corrected chi connectivity index (χ0v) is 16.1. The maximum absolute atomic E-state index is 14.4. The lowest BCUT2D eigenvalue weighted by molar-refractivity contribution is 0.0958. The van der Waals surface area contributed by atoms with E-state index in [1.807, 2.05) is 17.9 Å². The molecule has 0 saturated carbocycles. The second-order valence-electron chi connectivity index (χ2n) is 6.52. The molecule has 8 heteroatoms. The molecule has 146 valence electrons. The van der Waals surface area contributed by atoms with Crippen molar-refractivity contribution in [3.05, 3.63) is 54.0 Å². The van der Waals surface area contributed by atoms with Crippen LogP contribution in [-0.2, 0) is 11.0 Å².